The summed E-state index contributed by atoms with van der Waals surface area (Å²) in [5.41, 5.74) is 0.185. The number of carbonyl (C=O) groups excluding carboxylic acids is 1. The lowest BCUT2D eigenvalue weighted by Gasteiger charge is -2.11. The first-order valence-corrected chi connectivity index (χ1v) is 6.74. The van der Waals surface area contributed by atoms with Crippen LogP contribution in [0.3, 0.4) is 0 Å². The Balaban J connectivity index is 1.92. The minimum Gasteiger partial charge on any atom is -0.495 e. The molecule has 0 unspecified atom stereocenters. The van der Waals surface area contributed by atoms with Crippen molar-refractivity contribution in [1.29, 1.82) is 0 Å². The number of halogens is 3. The first-order valence-electron chi connectivity index (χ1n) is 6.74. The third-order valence-electron chi connectivity index (χ3n) is 3.04. The molecule has 2 aromatic carbocycles. The maximum Gasteiger partial charge on any atom is 0.416 e. The Bertz CT molecular complexity index is 670. The van der Waals surface area contributed by atoms with Gasteiger partial charge in [0.25, 0.3) is 0 Å². The van der Waals surface area contributed by atoms with Crippen LogP contribution in [-0.2, 0) is 11.0 Å². The normalized spacial score (nSPS) is 11.0. The van der Waals surface area contributed by atoms with Crippen LogP contribution >= 0.6 is 0 Å². The lowest BCUT2D eigenvalue weighted by atomic mass is 10.2. The molecule has 0 aliphatic heterocycles. The molecule has 0 heterocycles. The molecular formula is C16H15F3N2O2. The summed E-state index contributed by atoms with van der Waals surface area (Å²) in [6, 6.07) is 11.4. The van der Waals surface area contributed by atoms with E-state index in [4.69, 9.17) is 4.74 Å². The van der Waals surface area contributed by atoms with Crippen molar-refractivity contribution >= 4 is 17.3 Å². The lowest BCUT2D eigenvalue weighted by molar-refractivity contribution is -0.137. The number of anilines is 2. The predicted octanol–water partition coefficient (Wildman–Crippen LogP) is 3.76. The zero-order valence-electron chi connectivity index (χ0n) is 12.3. The Morgan fingerprint density at radius 3 is 2.35 bits per heavy atom. The largest absolute Gasteiger partial charge is 0.495 e. The fourth-order valence-electron chi connectivity index (χ4n) is 1.91. The molecule has 1 amide bonds. The molecule has 0 aromatic heterocycles. The molecule has 0 saturated heterocycles. The van der Waals surface area contributed by atoms with E-state index in [9.17, 15) is 18.0 Å². The molecule has 0 saturated carbocycles. The molecule has 23 heavy (non-hydrogen) atoms. The van der Waals surface area contributed by atoms with Gasteiger partial charge in [0.05, 0.1) is 24.9 Å². The summed E-state index contributed by atoms with van der Waals surface area (Å²) in [7, 11) is 1.52. The van der Waals surface area contributed by atoms with Crippen LogP contribution in [0.2, 0.25) is 0 Å². The van der Waals surface area contributed by atoms with E-state index in [-0.39, 0.29) is 12.5 Å². The van der Waals surface area contributed by atoms with Crippen LogP contribution in [0.5, 0.6) is 5.75 Å². The molecule has 2 rings (SSSR count). The number of methoxy groups -OCH3 is 1. The summed E-state index contributed by atoms with van der Waals surface area (Å²) in [5, 5.41) is 5.42. The smallest absolute Gasteiger partial charge is 0.416 e. The molecule has 2 N–H and O–H groups in total. The van der Waals surface area contributed by atoms with E-state index in [2.05, 4.69) is 10.6 Å². The van der Waals surface area contributed by atoms with Crippen molar-refractivity contribution in [3.63, 3.8) is 0 Å². The molecule has 4 nitrogen and oxygen atoms in total. The average molecular weight is 324 g/mol. The van der Waals surface area contributed by atoms with Gasteiger partial charge in [-0.1, -0.05) is 12.1 Å². The monoisotopic (exact) mass is 324 g/mol. The Morgan fingerprint density at radius 1 is 1.09 bits per heavy atom. The molecule has 122 valence electrons. The van der Waals surface area contributed by atoms with Crippen molar-refractivity contribution in [2.24, 2.45) is 0 Å². The van der Waals surface area contributed by atoms with E-state index in [1.54, 1.807) is 24.3 Å². The molecular weight excluding hydrogens is 309 g/mol. The van der Waals surface area contributed by atoms with Gasteiger partial charge < -0.3 is 15.4 Å². The zero-order valence-corrected chi connectivity index (χ0v) is 12.3. The number of amides is 1. The van der Waals surface area contributed by atoms with E-state index >= 15 is 0 Å². The van der Waals surface area contributed by atoms with Gasteiger partial charge in [-0.05, 0) is 36.4 Å². The molecule has 0 bridgehead atoms. The highest BCUT2D eigenvalue weighted by atomic mass is 19.4. The number of alkyl halides is 3. The molecule has 0 radical (unpaired) electrons. The van der Waals surface area contributed by atoms with Gasteiger partial charge in [-0.2, -0.15) is 13.2 Å². The van der Waals surface area contributed by atoms with Crippen molar-refractivity contribution in [2.45, 2.75) is 6.18 Å². The maximum atomic E-state index is 12.5. The summed E-state index contributed by atoms with van der Waals surface area (Å²) in [6.45, 7) is -0.0403. The van der Waals surface area contributed by atoms with Crippen molar-refractivity contribution in [1.82, 2.24) is 0 Å². The van der Waals surface area contributed by atoms with Crippen LogP contribution in [0.1, 0.15) is 5.56 Å². The molecule has 7 heteroatoms. The van der Waals surface area contributed by atoms with E-state index in [1.165, 1.54) is 19.2 Å². The fraction of sp³-hybridized carbons (Fsp3) is 0.188. The Hall–Kier alpha value is -2.70. The third-order valence-corrected chi connectivity index (χ3v) is 3.04. The van der Waals surface area contributed by atoms with Crippen molar-refractivity contribution in [3.8, 4) is 5.75 Å². The highest BCUT2D eigenvalue weighted by molar-refractivity contribution is 5.93. The summed E-state index contributed by atoms with van der Waals surface area (Å²) >= 11 is 0. The minimum atomic E-state index is -4.39. The molecule has 0 fully saturated rings. The summed E-state index contributed by atoms with van der Waals surface area (Å²) in [5.74, 6) is 0.213. The first-order chi connectivity index (χ1) is 10.9. The molecule has 2 aromatic rings. The van der Waals surface area contributed by atoms with Crippen LogP contribution in [0.15, 0.2) is 48.5 Å². The van der Waals surface area contributed by atoms with Gasteiger partial charge in [-0.25, -0.2) is 0 Å². The van der Waals surface area contributed by atoms with Gasteiger partial charge in [-0.3, -0.25) is 4.79 Å². The fourth-order valence-corrected chi connectivity index (χ4v) is 1.91. The number of rotatable bonds is 5. The molecule has 0 atom stereocenters. The number of benzene rings is 2. The van der Waals surface area contributed by atoms with Gasteiger partial charge >= 0.3 is 6.18 Å². The predicted molar refractivity (Wildman–Crippen MR) is 81.6 cm³/mol. The van der Waals surface area contributed by atoms with Crippen molar-refractivity contribution in [2.75, 3.05) is 24.3 Å². The highest BCUT2D eigenvalue weighted by Crippen LogP contribution is 2.29. The molecule has 0 aliphatic carbocycles. The molecule has 0 aliphatic rings. The minimum absolute atomic E-state index is 0.0403. The Kier molecular flexibility index (Phi) is 5.10. The van der Waals surface area contributed by atoms with Crippen LogP contribution in [0, 0.1) is 0 Å². The van der Waals surface area contributed by atoms with Crippen LogP contribution in [0.4, 0.5) is 24.5 Å². The number of hydrogen-bond donors (Lipinski definition) is 2. The van der Waals surface area contributed by atoms with Gasteiger partial charge in [0.2, 0.25) is 5.91 Å². The quantitative estimate of drug-likeness (QED) is 0.880. The van der Waals surface area contributed by atoms with E-state index < -0.39 is 11.7 Å². The van der Waals surface area contributed by atoms with Crippen molar-refractivity contribution in [3.05, 3.63) is 54.1 Å². The number of para-hydroxylation sites is 2. The second-order valence-corrected chi connectivity index (χ2v) is 4.68. The number of nitrogens with one attached hydrogen (secondary N) is 2. The summed E-state index contributed by atoms with van der Waals surface area (Å²) in [6.07, 6.45) is -4.39. The first kappa shape index (κ1) is 16.7. The SMILES string of the molecule is COc1ccccc1NCC(=O)Nc1ccc(C(F)(F)F)cc1. The Morgan fingerprint density at radius 2 is 1.74 bits per heavy atom. The van der Waals surface area contributed by atoms with E-state index in [0.717, 1.165) is 12.1 Å². The van der Waals surface area contributed by atoms with Gasteiger partial charge in [-0.15, -0.1) is 0 Å². The van der Waals surface area contributed by atoms with Gasteiger partial charge in [0, 0.05) is 5.69 Å². The third kappa shape index (κ3) is 4.64. The maximum absolute atomic E-state index is 12.5. The van der Waals surface area contributed by atoms with Gasteiger partial charge in [0.1, 0.15) is 5.75 Å². The Labute approximate surface area is 131 Å². The topological polar surface area (TPSA) is 50.4 Å². The average Bonchev–Trinajstić information content (AvgIpc) is 2.53. The van der Waals surface area contributed by atoms with Crippen molar-refractivity contribution < 1.29 is 22.7 Å². The zero-order chi connectivity index (χ0) is 16.9. The van der Waals surface area contributed by atoms with E-state index in [0.29, 0.717) is 17.1 Å². The van der Waals surface area contributed by atoms with Crippen LogP contribution in [-0.4, -0.2) is 19.6 Å². The van der Waals surface area contributed by atoms with E-state index in [1.807, 2.05) is 0 Å². The molecule has 0 spiro atoms. The second-order valence-electron chi connectivity index (χ2n) is 4.68. The lowest BCUT2D eigenvalue weighted by Crippen LogP contribution is -2.22. The summed E-state index contributed by atoms with van der Waals surface area (Å²) in [4.78, 5) is 11.8. The number of hydrogen-bond acceptors (Lipinski definition) is 3. The second kappa shape index (κ2) is 7.04. The highest BCUT2D eigenvalue weighted by Gasteiger charge is 2.29. The standard InChI is InChI=1S/C16H15F3N2O2/c1-23-14-5-3-2-4-13(14)20-10-15(22)21-12-8-6-11(7-9-12)16(17,18)19/h2-9,20H,10H2,1H3,(H,21,22). The number of ether oxygens (including phenoxy) is 1. The van der Waals surface area contributed by atoms with Crippen LogP contribution < -0.4 is 15.4 Å². The van der Waals surface area contributed by atoms with Crippen LogP contribution in [0.25, 0.3) is 0 Å². The number of carbonyl (C=O) groups is 1. The van der Waals surface area contributed by atoms with Gasteiger partial charge in [0.15, 0.2) is 0 Å². The summed E-state index contributed by atoms with van der Waals surface area (Å²) < 4.78 is 42.5.